The summed E-state index contributed by atoms with van der Waals surface area (Å²) in [5.74, 6) is 0. The molecule has 0 radical (unpaired) electrons. The molecule has 0 unspecified atom stereocenters. The van der Waals surface area contributed by atoms with Gasteiger partial charge in [-0.3, -0.25) is 0 Å². The second kappa shape index (κ2) is 4.73. The fourth-order valence-electron chi connectivity index (χ4n) is 1.88. The van der Waals surface area contributed by atoms with Crippen molar-refractivity contribution in [1.82, 2.24) is 4.98 Å². The Bertz CT molecular complexity index is 550. The third-order valence-electron chi connectivity index (χ3n) is 2.64. The second-order valence-electron chi connectivity index (χ2n) is 5.73. The fourth-order valence-corrected chi connectivity index (χ4v) is 2.80. The Morgan fingerprint density at radius 3 is 2.50 bits per heavy atom. The van der Waals surface area contributed by atoms with E-state index in [4.69, 9.17) is 0 Å². The molecule has 1 heterocycles. The third kappa shape index (κ3) is 3.10. The zero-order valence-electron chi connectivity index (χ0n) is 11.7. The standard InChI is InChI=1S/C15H20N2S/c1-10-6-7-12(11(2)8-10)13-9-18-14(16-13)17-15(3,4)5/h6-9H,1-5H3,(H,16,17). The monoisotopic (exact) mass is 260 g/mol. The minimum Gasteiger partial charge on any atom is -0.357 e. The van der Waals surface area contributed by atoms with Gasteiger partial charge in [0.1, 0.15) is 0 Å². The van der Waals surface area contributed by atoms with Crippen LogP contribution in [0.2, 0.25) is 0 Å². The van der Waals surface area contributed by atoms with Gasteiger partial charge in [-0.15, -0.1) is 11.3 Å². The molecule has 0 saturated heterocycles. The van der Waals surface area contributed by atoms with Crippen LogP contribution in [0.3, 0.4) is 0 Å². The van der Waals surface area contributed by atoms with Crippen LogP contribution in [0.15, 0.2) is 23.6 Å². The first kappa shape index (κ1) is 13.1. The first-order valence-electron chi connectivity index (χ1n) is 6.16. The van der Waals surface area contributed by atoms with E-state index in [0.717, 1.165) is 10.8 Å². The first-order valence-corrected chi connectivity index (χ1v) is 7.04. The first-order chi connectivity index (χ1) is 8.35. The van der Waals surface area contributed by atoms with Crippen LogP contribution < -0.4 is 5.32 Å². The van der Waals surface area contributed by atoms with E-state index < -0.39 is 0 Å². The van der Waals surface area contributed by atoms with E-state index in [1.54, 1.807) is 11.3 Å². The third-order valence-corrected chi connectivity index (χ3v) is 3.40. The highest BCUT2D eigenvalue weighted by molar-refractivity contribution is 7.14. The summed E-state index contributed by atoms with van der Waals surface area (Å²) in [7, 11) is 0. The Morgan fingerprint density at radius 1 is 1.17 bits per heavy atom. The zero-order chi connectivity index (χ0) is 13.3. The van der Waals surface area contributed by atoms with Crippen molar-refractivity contribution in [3.63, 3.8) is 0 Å². The minimum atomic E-state index is 0.0530. The van der Waals surface area contributed by atoms with Crippen molar-refractivity contribution in [2.45, 2.75) is 40.2 Å². The Hall–Kier alpha value is -1.35. The van der Waals surface area contributed by atoms with E-state index in [1.165, 1.54) is 16.7 Å². The second-order valence-corrected chi connectivity index (χ2v) is 6.59. The molecule has 1 N–H and O–H groups in total. The average Bonchev–Trinajstić information content (AvgIpc) is 2.63. The van der Waals surface area contributed by atoms with Gasteiger partial charge in [0.15, 0.2) is 5.13 Å². The lowest BCUT2D eigenvalue weighted by Crippen LogP contribution is -2.25. The average molecular weight is 260 g/mol. The summed E-state index contributed by atoms with van der Waals surface area (Å²) in [5.41, 5.74) is 4.91. The highest BCUT2D eigenvalue weighted by atomic mass is 32.1. The van der Waals surface area contributed by atoms with Gasteiger partial charge in [0, 0.05) is 16.5 Å². The largest absolute Gasteiger partial charge is 0.357 e. The number of nitrogens with one attached hydrogen (secondary N) is 1. The maximum atomic E-state index is 4.66. The van der Waals surface area contributed by atoms with Crippen LogP contribution in [0, 0.1) is 13.8 Å². The van der Waals surface area contributed by atoms with Gasteiger partial charge >= 0.3 is 0 Å². The lowest BCUT2D eigenvalue weighted by Gasteiger charge is -2.19. The lowest BCUT2D eigenvalue weighted by atomic mass is 10.0. The Balaban J connectivity index is 2.29. The molecule has 0 amide bonds. The van der Waals surface area contributed by atoms with Crippen LogP contribution in [0.1, 0.15) is 31.9 Å². The van der Waals surface area contributed by atoms with E-state index in [-0.39, 0.29) is 5.54 Å². The smallest absolute Gasteiger partial charge is 0.183 e. The lowest BCUT2D eigenvalue weighted by molar-refractivity contribution is 0.633. The molecule has 0 aliphatic rings. The molecule has 1 aromatic carbocycles. The Labute approximate surface area is 113 Å². The Kier molecular flexibility index (Phi) is 3.44. The highest BCUT2D eigenvalue weighted by Gasteiger charge is 2.13. The van der Waals surface area contributed by atoms with Crippen molar-refractivity contribution in [3.8, 4) is 11.3 Å². The maximum absolute atomic E-state index is 4.66. The van der Waals surface area contributed by atoms with Crippen LogP contribution >= 0.6 is 11.3 Å². The molecule has 0 aliphatic carbocycles. The molecule has 0 atom stereocenters. The van der Waals surface area contributed by atoms with Crippen LogP contribution in [-0.4, -0.2) is 10.5 Å². The molecule has 2 rings (SSSR count). The maximum Gasteiger partial charge on any atom is 0.183 e. The van der Waals surface area contributed by atoms with Gasteiger partial charge in [-0.2, -0.15) is 0 Å². The van der Waals surface area contributed by atoms with Gasteiger partial charge in [0.2, 0.25) is 0 Å². The summed E-state index contributed by atoms with van der Waals surface area (Å²) in [6.45, 7) is 10.7. The quantitative estimate of drug-likeness (QED) is 0.851. The number of aryl methyl sites for hydroxylation is 2. The van der Waals surface area contributed by atoms with Crippen LogP contribution in [0.25, 0.3) is 11.3 Å². The van der Waals surface area contributed by atoms with Gasteiger partial charge in [-0.1, -0.05) is 23.8 Å². The zero-order valence-corrected chi connectivity index (χ0v) is 12.5. The van der Waals surface area contributed by atoms with Gasteiger partial charge in [0.05, 0.1) is 5.69 Å². The molecule has 1 aromatic heterocycles. The molecule has 0 spiro atoms. The molecular weight excluding hydrogens is 240 g/mol. The molecule has 2 aromatic rings. The van der Waals surface area contributed by atoms with E-state index >= 15 is 0 Å². The van der Waals surface area contributed by atoms with Crippen LogP contribution in [0.5, 0.6) is 0 Å². The summed E-state index contributed by atoms with van der Waals surface area (Å²) < 4.78 is 0. The number of hydrogen-bond donors (Lipinski definition) is 1. The van der Waals surface area contributed by atoms with E-state index in [0.29, 0.717) is 0 Å². The number of rotatable bonds is 2. The molecule has 0 saturated carbocycles. The predicted molar refractivity (Wildman–Crippen MR) is 80.4 cm³/mol. The van der Waals surface area contributed by atoms with Gasteiger partial charge < -0.3 is 5.32 Å². The fraction of sp³-hybridized carbons (Fsp3) is 0.400. The van der Waals surface area contributed by atoms with E-state index in [2.05, 4.69) is 68.5 Å². The van der Waals surface area contributed by atoms with Crippen molar-refractivity contribution < 1.29 is 0 Å². The number of anilines is 1. The van der Waals surface area contributed by atoms with Crippen molar-refractivity contribution >= 4 is 16.5 Å². The number of thiazole rings is 1. The number of aromatic nitrogens is 1. The molecule has 18 heavy (non-hydrogen) atoms. The van der Waals surface area contributed by atoms with Crippen LogP contribution in [-0.2, 0) is 0 Å². The van der Waals surface area contributed by atoms with E-state index in [1.807, 2.05) is 0 Å². The minimum absolute atomic E-state index is 0.0530. The summed E-state index contributed by atoms with van der Waals surface area (Å²) in [6.07, 6.45) is 0. The van der Waals surface area contributed by atoms with Crippen molar-refractivity contribution in [2.24, 2.45) is 0 Å². The normalized spacial score (nSPS) is 11.6. The molecule has 0 aliphatic heterocycles. The predicted octanol–water partition coefficient (Wildman–Crippen LogP) is 4.64. The highest BCUT2D eigenvalue weighted by Crippen LogP contribution is 2.29. The van der Waals surface area contributed by atoms with Gasteiger partial charge in [-0.25, -0.2) is 4.98 Å². The van der Waals surface area contributed by atoms with Crippen molar-refractivity contribution in [3.05, 3.63) is 34.7 Å². The molecular formula is C15H20N2S. The van der Waals surface area contributed by atoms with Crippen molar-refractivity contribution in [2.75, 3.05) is 5.32 Å². The SMILES string of the molecule is Cc1ccc(-c2csc(NC(C)(C)C)n2)c(C)c1. The van der Waals surface area contributed by atoms with Crippen LogP contribution in [0.4, 0.5) is 5.13 Å². The summed E-state index contributed by atoms with van der Waals surface area (Å²) >= 11 is 1.66. The topological polar surface area (TPSA) is 24.9 Å². The van der Waals surface area contributed by atoms with Gasteiger partial charge in [0.25, 0.3) is 0 Å². The number of benzene rings is 1. The Morgan fingerprint density at radius 2 is 1.89 bits per heavy atom. The summed E-state index contributed by atoms with van der Waals surface area (Å²) in [5, 5.41) is 6.51. The molecule has 0 bridgehead atoms. The number of hydrogen-bond acceptors (Lipinski definition) is 3. The molecule has 0 fully saturated rings. The van der Waals surface area contributed by atoms with Gasteiger partial charge in [-0.05, 0) is 40.2 Å². The van der Waals surface area contributed by atoms with Crippen molar-refractivity contribution in [1.29, 1.82) is 0 Å². The summed E-state index contributed by atoms with van der Waals surface area (Å²) in [4.78, 5) is 4.66. The molecule has 3 heteroatoms. The summed E-state index contributed by atoms with van der Waals surface area (Å²) in [6, 6.07) is 6.49. The molecule has 96 valence electrons. The molecule has 2 nitrogen and oxygen atoms in total. The van der Waals surface area contributed by atoms with E-state index in [9.17, 15) is 0 Å². The number of nitrogens with zero attached hydrogens (tertiary/aromatic N) is 1.